The first-order chi connectivity index (χ1) is 8.41. The summed E-state index contributed by atoms with van der Waals surface area (Å²) in [6, 6.07) is 7.89. The molecular formula is C13H19N3OS. The maximum Gasteiger partial charge on any atom is 0.241 e. The van der Waals surface area contributed by atoms with Gasteiger partial charge in [-0.05, 0) is 30.8 Å². The Kier molecular flexibility index (Phi) is 5.09. The lowest BCUT2D eigenvalue weighted by Gasteiger charge is -2.22. The number of carbonyl (C=O) groups excluding carboxylic acids is 1. The summed E-state index contributed by atoms with van der Waals surface area (Å²) in [6.07, 6.45) is 0. The van der Waals surface area contributed by atoms with Crippen molar-refractivity contribution in [3.05, 3.63) is 29.8 Å². The van der Waals surface area contributed by atoms with Gasteiger partial charge in [-0.25, -0.2) is 0 Å². The van der Waals surface area contributed by atoms with E-state index in [1.54, 1.807) is 30.9 Å². The summed E-state index contributed by atoms with van der Waals surface area (Å²) in [6.45, 7) is 2.28. The minimum absolute atomic E-state index is 0.0198. The van der Waals surface area contributed by atoms with E-state index in [9.17, 15) is 4.79 Å². The predicted molar refractivity (Wildman–Crippen MR) is 78.7 cm³/mol. The molecule has 4 nitrogen and oxygen atoms in total. The molecule has 1 aromatic carbocycles. The summed E-state index contributed by atoms with van der Waals surface area (Å²) in [5.41, 5.74) is 2.08. The zero-order chi connectivity index (χ0) is 13.7. The molecule has 0 spiro atoms. The van der Waals surface area contributed by atoms with E-state index < -0.39 is 0 Å². The molecular weight excluding hydrogens is 246 g/mol. The van der Waals surface area contributed by atoms with Crippen LogP contribution in [-0.4, -0.2) is 48.5 Å². The Labute approximate surface area is 114 Å². The monoisotopic (exact) mass is 265 g/mol. The van der Waals surface area contributed by atoms with Gasteiger partial charge in [-0.3, -0.25) is 4.79 Å². The van der Waals surface area contributed by atoms with Crippen LogP contribution in [-0.2, 0) is 4.79 Å². The van der Waals surface area contributed by atoms with Crippen LogP contribution >= 0.6 is 12.2 Å². The lowest BCUT2D eigenvalue weighted by molar-refractivity contribution is -0.128. The molecule has 98 valence electrons. The molecule has 0 saturated heterocycles. The molecule has 0 aliphatic heterocycles. The van der Waals surface area contributed by atoms with E-state index in [2.05, 4.69) is 5.32 Å². The lowest BCUT2D eigenvalue weighted by atomic mass is 10.2. The maximum atomic E-state index is 11.6. The normalized spacial score (nSPS) is 9.78. The zero-order valence-corrected chi connectivity index (χ0v) is 12.0. The summed E-state index contributed by atoms with van der Waals surface area (Å²) in [5.74, 6) is 0.0198. The third kappa shape index (κ3) is 4.00. The van der Waals surface area contributed by atoms with Gasteiger partial charge in [0.1, 0.15) is 0 Å². The van der Waals surface area contributed by atoms with Crippen LogP contribution in [0.4, 0.5) is 5.69 Å². The number of nitrogens with one attached hydrogen (secondary N) is 1. The Morgan fingerprint density at radius 3 is 2.44 bits per heavy atom. The molecule has 1 amide bonds. The molecule has 0 bridgehead atoms. The maximum absolute atomic E-state index is 11.6. The van der Waals surface area contributed by atoms with Crippen LogP contribution in [0.15, 0.2) is 24.3 Å². The third-order valence-corrected chi connectivity index (χ3v) is 3.02. The highest BCUT2D eigenvalue weighted by molar-refractivity contribution is 7.80. The summed E-state index contributed by atoms with van der Waals surface area (Å²) in [7, 11) is 5.26. The van der Waals surface area contributed by atoms with Crippen LogP contribution in [0.1, 0.15) is 5.56 Å². The number of amides is 1. The lowest BCUT2D eigenvalue weighted by Crippen LogP contribution is -2.39. The van der Waals surface area contributed by atoms with E-state index in [4.69, 9.17) is 12.2 Å². The smallest absolute Gasteiger partial charge is 0.241 e. The fourth-order valence-corrected chi connectivity index (χ4v) is 1.51. The fourth-order valence-electron chi connectivity index (χ4n) is 1.34. The van der Waals surface area contributed by atoms with Crippen LogP contribution < -0.4 is 5.32 Å². The van der Waals surface area contributed by atoms with E-state index in [0.29, 0.717) is 5.11 Å². The van der Waals surface area contributed by atoms with E-state index in [1.807, 2.05) is 31.2 Å². The quantitative estimate of drug-likeness (QED) is 0.844. The van der Waals surface area contributed by atoms with Gasteiger partial charge in [0.15, 0.2) is 5.11 Å². The van der Waals surface area contributed by atoms with Crippen molar-refractivity contribution in [3.63, 3.8) is 0 Å². The number of aryl methyl sites for hydroxylation is 1. The van der Waals surface area contributed by atoms with Crippen molar-refractivity contribution in [2.45, 2.75) is 6.92 Å². The number of anilines is 1. The van der Waals surface area contributed by atoms with Crippen LogP contribution in [0.25, 0.3) is 0 Å². The molecule has 0 aliphatic carbocycles. The van der Waals surface area contributed by atoms with Gasteiger partial charge < -0.3 is 15.1 Å². The molecule has 0 heterocycles. The molecule has 1 rings (SSSR count). The van der Waals surface area contributed by atoms with Gasteiger partial charge in [0.25, 0.3) is 0 Å². The van der Waals surface area contributed by atoms with Crippen molar-refractivity contribution in [2.75, 3.05) is 33.0 Å². The van der Waals surface area contributed by atoms with Gasteiger partial charge in [-0.1, -0.05) is 18.2 Å². The Bertz CT molecular complexity index is 446. The first-order valence-corrected chi connectivity index (χ1v) is 6.10. The van der Waals surface area contributed by atoms with E-state index in [0.717, 1.165) is 11.3 Å². The van der Waals surface area contributed by atoms with Crippen molar-refractivity contribution < 1.29 is 4.79 Å². The summed E-state index contributed by atoms with van der Waals surface area (Å²) >= 11 is 5.27. The van der Waals surface area contributed by atoms with Crippen LogP contribution in [0.3, 0.4) is 0 Å². The third-order valence-electron chi connectivity index (χ3n) is 2.60. The second kappa shape index (κ2) is 6.35. The van der Waals surface area contributed by atoms with Crippen molar-refractivity contribution in [2.24, 2.45) is 0 Å². The van der Waals surface area contributed by atoms with Crippen LogP contribution in [0.5, 0.6) is 0 Å². The number of nitrogens with zero attached hydrogens (tertiary/aromatic N) is 2. The second-order valence-electron chi connectivity index (χ2n) is 4.39. The minimum Gasteiger partial charge on any atom is -0.347 e. The number of para-hydroxylation sites is 1. The number of hydrogen-bond donors (Lipinski definition) is 1. The van der Waals surface area contributed by atoms with E-state index in [1.165, 1.54) is 0 Å². The van der Waals surface area contributed by atoms with Gasteiger partial charge in [0.2, 0.25) is 5.91 Å². The van der Waals surface area contributed by atoms with Gasteiger partial charge in [0.05, 0.1) is 6.54 Å². The Morgan fingerprint density at radius 2 is 1.89 bits per heavy atom. The largest absolute Gasteiger partial charge is 0.347 e. The molecule has 0 aromatic heterocycles. The highest BCUT2D eigenvalue weighted by Gasteiger charge is 2.11. The average molecular weight is 265 g/mol. The van der Waals surface area contributed by atoms with Crippen LogP contribution in [0.2, 0.25) is 0 Å². The summed E-state index contributed by atoms with van der Waals surface area (Å²) in [4.78, 5) is 14.8. The number of carbonyl (C=O) groups is 1. The molecule has 0 aliphatic rings. The van der Waals surface area contributed by atoms with Crippen molar-refractivity contribution in [3.8, 4) is 0 Å². The van der Waals surface area contributed by atoms with Gasteiger partial charge in [-0.2, -0.15) is 0 Å². The van der Waals surface area contributed by atoms with Crippen molar-refractivity contribution in [1.29, 1.82) is 0 Å². The highest BCUT2D eigenvalue weighted by atomic mass is 32.1. The molecule has 0 saturated carbocycles. The Balaban J connectivity index is 2.61. The molecule has 5 heteroatoms. The number of rotatable bonds is 3. The Hall–Kier alpha value is -1.62. The standard InChI is InChI=1S/C13H19N3OS/c1-10-7-5-6-8-11(10)14-13(18)16(4)9-12(17)15(2)3/h5-8H,9H2,1-4H3,(H,14,18). The first kappa shape index (κ1) is 14.4. The molecule has 0 unspecified atom stereocenters. The number of benzene rings is 1. The van der Waals surface area contributed by atoms with Crippen molar-refractivity contribution in [1.82, 2.24) is 9.80 Å². The number of thiocarbonyl (C=S) groups is 1. The summed E-state index contributed by atoms with van der Waals surface area (Å²) < 4.78 is 0. The summed E-state index contributed by atoms with van der Waals surface area (Å²) in [5, 5.41) is 3.68. The van der Waals surface area contributed by atoms with Gasteiger partial charge >= 0.3 is 0 Å². The molecule has 1 aromatic rings. The average Bonchev–Trinajstić information content (AvgIpc) is 2.31. The predicted octanol–water partition coefficient (Wildman–Crippen LogP) is 1.71. The molecule has 1 N–H and O–H groups in total. The topological polar surface area (TPSA) is 35.6 Å². The molecule has 18 heavy (non-hydrogen) atoms. The van der Waals surface area contributed by atoms with Crippen LogP contribution in [0, 0.1) is 6.92 Å². The van der Waals surface area contributed by atoms with E-state index >= 15 is 0 Å². The molecule has 0 radical (unpaired) electrons. The molecule has 0 atom stereocenters. The van der Waals surface area contributed by atoms with E-state index in [-0.39, 0.29) is 12.5 Å². The van der Waals surface area contributed by atoms with Gasteiger partial charge in [0, 0.05) is 26.8 Å². The SMILES string of the molecule is Cc1ccccc1NC(=S)N(C)CC(=O)N(C)C. The minimum atomic E-state index is 0.0198. The number of likely N-dealkylation sites (N-methyl/N-ethyl adjacent to an activating group) is 2. The van der Waals surface area contributed by atoms with Crippen molar-refractivity contribution >= 4 is 28.9 Å². The first-order valence-electron chi connectivity index (χ1n) is 5.69. The van der Waals surface area contributed by atoms with Gasteiger partial charge in [-0.15, -0.1) is 0 Å². The Morgan fingerprint density at radius 1 is 1.28 bits per heavy atom. The fraction of sp³-hybridized carbons (Fsp3) is 0.385. The molecule has 0 fully saturated rings. The number of hydrogen-bond acceptors (Lipinski definition) is 2. The highest BCUT2D eigenvalue weighted by Crippen LogP contribution is 2.13. The zero-order valence-electron chi connectivity index (χ0n) is 11.2. The second-order valence-corrected chi connectivity index (χ2v) is 4.78.